The van der Waals surface area contributed by atoms with Gasteiger partial charge >= 0.3 is 0 Å². The smallest absolute Gasteiger partial charge is 0.224 e. The van der Waals surface area contributed by atoms with Crippen molar-refractivity contribution in [2.45, 2.75) is 19.4 Å². The SMILES string of the molecule is COc1cccc(Oc2ccc(CNC(=O)C3CCCNC3)cn2)c1.Cl.Cl. The van der Waals surface area contributed by atoms with Crippen molar-refractivity contribution >= 4 is 30.7 Å². The minimum Gasteiger partial charge on any atom is -0.497 e. The highest BCUT2D eigenvalue weighted by Crippen LogP contribution is 2.23. The Kier molecular flexibility index (Phi) is 9.93. The third-order valence-electron chi connectivity index (χ3n) is 4.20. The number of halogens is 2. The molecule has 0 spiro atoms. The Morgan fingerprint density at radius 1 is 1.26 bits per heavy atom. The third-order valence-corrected chi connectivity index (χ3v) is 4.20. The second-order valence-corrected chi connectivity index (χ2v) is 6.05. The molecule has 1 atom stereocenters. The van der Waals surface area contributed by atoms with Crippen LogP contribution in [0.3, 0.4) is 0 Å². The van der Waals surface area contributed by atoms with Gasteiger partial charge in [-0.05, 0) is 37.1 Å². The maximum absolute atomic E-state index is 12.1. The molecule has 1 aromatic carbocycles. The van der Waals surface area contributed by atoms with E-state index in [-0.39, 0.29) is 36.6 Å². The number of aromatic nitrogens is 1. The molecule has 27 heavy (non-hydrogen) atoms. The van der Waals surface area contributed by atoms with Gasteiger partial charge in [0, 0.05) is 31.4 Å². The van der Waals surface area contributed by atoms with Gasteiger partial charge in [0.2, 0.25) is 11.8 Å². The molecule has 2 heterocycles. The molecule has 1 aromatic heterocycles. The largest absolute Gasteiger partial charge is 0.497 e. The maximum Gasteiger partial charge on any atom is 0.224 e. The van der Waals surface area contributed by atoms with E-state index in [4.69, 9.17) is 9.47 Å². The van der Waals surface area contributed by atoms with Crippen molar-refractivity contribution in [1.29, 1.82) is 0 Å². The quantitative estimate of drug-likeness (QED) is 0.759. The molecule has 8 heteroatoms. The van der Waals surface area contributed by atoms with Crippen LogP contribution in [-0.4, -0.2) is 31.1 Å². The molecular weight excluding hydrogens is 389 g/mol. The van der Waals surface area contributed by atoms with Gasteiger partial charge in [-0.15, -0.1) is 24.8 Å². The molecule has 148 valence electrons. The lowest BCUT2D eigenvalue weighted by atomic mass is 9.99. The van der Waals surface area contributed by atoms with Gasteiger partial charge in [0.25, 0.3) is 0 Å². The minimum absolute atomic E-state index is 0. The molecule has 0 bridgehead atoms. The summed E-state index contributed by atoms with van der Waals surface area (Å²) in [5, 5.41) is 6.23. The highest BCUT2D eigenvalue weighted by Gasteiger charge is 2.20. The standard InChI is InChI=1S/C19H23N3O3.2ClH/c1-24-16-5-2-6-17(10-16)25-18-8-7-14(11-21-18)12-22-19(23)15-4-3-9-20-13-15;;/h2,5-8,10-11,15,20H,3-4,9,12-13H2,1H3,(H,22,23);2*1H. The van der Waals surface area contributed by atoms with Crippen LogP contribution in [-0.2, 0) is 11.3 Å². The van der Waals surface area contributed by atoms with E-state index < -0.39 is 0 Å². The second-order valence-electron chi connectivity index (χ2n) is 6.05. The number of hydrogen-bond donors (Lipinski definition) is 2. The number of piperidine rings is 1. The number of hydrogen-bond acceptors (Lipinski definition) is 5. The van der Waals surface area contributed by atoms with E-state index in [9.17, 15) is 4.79 Å². The Morgan fingerprint density at radius 2 is 2.07 bits per heavy atom. The Morgan fingerprint density at radius 3 is 2.74 bits per heavy atom. The first-order chi connectivity index (χ1) is 12.2. The fourth-order valence-corrected chi connectivity index (χ4v) is 2.77. The molecule has 3 rings (SSSR count). The molecule has 1 unspecified atom stereocenters. The third kappa shape index (κ3) is 6.90. The van der Waals surface area contributed by atoms with Crippen LogP contribution in [0.4, 0.5) is 0 Å². The molecule has 0 saturated carbocycles. The van der Waals surface area contributed by atoms with Crippen molar-refractivity contribution in [2.24, 2.45) is 5.92 Å². The first kappa shape index (κ1) is 23.0. The van der Waals surface area contributed by atoms with Crippen LogP contribution < -0.4 is 20.1 Å². The van der Waals surface area contributed by atoms with Crippen molar-refractivity contribution in [3.8, 4) is 17.4 Å². The van der Waals surface area contributed by atoms with Crippen molar-refractivity contribution in [3.05, 3.63) is 48.2 Å². The fraction of sp³-hybridized carbons (Fsp3) is 0.368. The molecule has 1 aliphatic heterocycles. The van der Waals surface area contributed by atoms with Crippen LogP contribution in [0.25, 0.3) is 0 Å². The first-order valence-electron chi connectivity index (χ1n) is 8.50. The van der Waals surface area contributed by atoms with Crippen molar-refractivity contribution in [2.75, 3.05) is 20.2 Å². The van der Waals surface area contributed by atoms with Crippen LogP contribution in [0.1, 0.15) is 18.4 Å². The van der Waals surface area contributed by atoms with Crippen LogP contribution in [0.15, 0.2) is 42.6 Å². The minimum atomic E-state index is 0. The summed E-state index contributed by atoms with van der Waals surface area (Å²) < 4.78 is 10.9. The summed E-state index contributed by atoms with van der Waals surface area (Å²) >= 11 is 0. The Bertz CT molecular complexity index is 708. The summed E-state index contributed by atoms with van der Waals surface area (Å²) in [6, 6.07) is 11.1. The molecule has 1 fully saturated rings. The van der Waals surface area contributed by atoms with E-state index in [1.54, 1.807) is 25.4 Å². The lowest BCUT2D eigenvalue weighted by molar-refractivity contribution is -0.125. The van der Waals surface area contributed by atoms with Gasteiger partial charge in [-0.1, -0.05) is 12.1 Å². The molecule has 1 saturated heterocycles. The molecule has 6 nitrogen and oxygen atoms in total. The Labute approximate surface area is 171 Å². The van der Waals surface area contributed by atoms with Gasteiger partial charge in [-0.25, -0.2) is 4.98 Å². The number of benzene rings is 1. The number of rotatable bonds is 6. The number of carbonyl (C=O) groups excluding carboxylic acids is 1. The summed E-state index contributed by atoms with van der Waals surface area (Å²) in [6.07, 6.45) is 3.72. The highest BCUT2D eigenvalue weighted by molar-refractivity contribution is 5.85. The van der Waals surface area contributed by atoms with Crippen LogP contribution in [0.2, 0.25) is 0 Å². The number of amides is 1. The van der Waals surface area contributed by atoms with Crippen molar-refractivity contribution in [1.82, 2.24) is 15.6 Å². The van der Waals surface area contributed by atoms with E-state index in [2.05, 4.69) is 15.6 Å². The number of nitrogens with zero attached hydrogens (tertiary/aromatic N) is 1. The van der Waals surface area contributed by atoms with E-state index >= 15 is 0 Å². The van der Waals surface area contributed by atoms with E-state index in [1.807, 2.05) is 24.3 Å². The molecule has 1 amide bonds. The van der Waals surface area contributed by atoms with E-state index in [0.717, 1.165) is 37.2 Å². The fourth-order valence-electron chi connectivity index (χ4n) is 2.77. The number of carbonyl (C=O) groups is 1. The summed E-state index contributed by atoms with van der Waals surface area (Å²) in [4.78, 5) is 16.4. The molecular formula is C19H25Cl2N3O3. The number of ether oxygens (including phenoxy) is 2. The zero-order chi connectivity index (χ0) is 17.5. The van der Waals surface area contributed by atoms with Gasteiger partial charge in [-0.2, -0.15) is 0 Å². The Balaban J connectivity index is 0.00000182. The predicted octanol–water partition coefficient (Wildman–Crippen LogP) is 3.34. The van der Waals surface area contributed by atoms with Gasteiger partial charge < -0.3 is 20.1 Å². The van der Waals surface area contributed by atoms with E-state index in [1.165, 1.54) is 0 Å². The maximum atomic E-state index is 12.1. The molecule has 0 radical (unpaired) electrons. The van der Waals surface area contributed by atoms with E-state index in [0.29, 0.717) is 18.2 Å². The molecule has 1 aliphatic rings. The van der Waals surface area contributed by atoms with Crippen molar-refractivity contribution < 1.29 is 14.3 Å². The highest BCUT2D eigenvalue weighted by atomic mass is 35.5. The van der Waals surface area contributed by atoms with Crippen LogP contribution in [0, 0.1) is 5.92 Å². The lowest BCUT2D eigenvalue weighted by Gasteiger charge is -2.21. The van der Waals surface area contributed by atoms with Gasteiger partial charge in [0.1, 0.15) is 11.5 Å². The predicted molar refractivity (Wildman–Crippen MR) is 109 cm³/mol. The summed E-state index contributed by atoms with van der Waals surface area (Å²) in [5.74, 6) is 2.06. The zero-order valence-corrected chi connectivity index (χ0v) is 16.8. The normalized spacial score (nSPS) is 15.7. The topological polar surface area (TPSA) is 72.5 Å². The van der Waals surface area contributed by atoms with Crippen LogP contribution >= 0.6 is 24.8 Å². The number of nitrogens with one attached hydrogen (secondary N) is 2. The average Bonchev–Trinajstić information content (AvgIpc) is 2.68. The number of methoxy groups -OCH3 is 1. The summed E-state index contributed by atoms with van der Waals surface area (Å²) in [5.41, 5.74) is 0.940. The second kappa shape index (κ2) is 11.6. The lowest BCUT2D eigenvalue weighted by Crippen LogP contribution is -2.40. The summed E-state index contributed by atoms with van der Waals surface area (Å²) in [7, 11) is 1.61. The zero-order valence-electron chi connectivity index (χ0n) is 15.1. The molecule has 2 aromatic rings. The van der Waals surface area contributed by atoms with Gasteiger partial charge in [0.05, 0.1) is 13.0 Å². The average molecular weight is 414 g/mol. The van der Waals surface area contributed by atoms with Crippen LogP contribution in [0.5, 0.6) is 17.4 Å². The summed E-state index contributed by atoms with van der Waals surface area (Å²) in [6.45, 7) is 2.24. The first-order valence-corrected chi connectivity index (χ1v) is 8.50. The molecule has 2 N–H and O–H groups in total. The van der Waals surface area contributed by atoms with Gasteiger partial charge in [0.15, 0.2) is 0 Å². The monoisotopic (exact) mass is 413 g/mol. The Hall–Kier alpha value is -2.02. The van der Waals surface area contributed by atoms with Crippen molar-refractivity contribution in [3.63, 3.8) is 0 Å². The number of pyridine rings is 1. The van der Waals surface area contributed by atoms with Gasteiger partial charge in [-0.3, -0.25) is 4.79 Å². The molecule has 0 aliphatic carbocycles.